The highest BCUT2D eigenvalue weighted by Gasteiger charge is 2.39. The molecule has 3 amide bonds. The molecular weight excluding hydrogens is 414 g/mol. The highest BCUT2D eigenvalue weighted by atomic mass is 16.2. The Kier molecular flexibility index (Phi) is 6.16. The predicted molar refractivity (Wildman–Crippen MR) is 127 cm³/mol. The van der Waals surface area contributed by atoms with Crippen LogP contribution in [-0.2, 0) is 16.0 Å². The smallest absolute Gasteiger partial charge is 0.254 e. The lowest BCUT2D eigenvalue weighted by molar-refractivity contribution is -0.133. The summed E-state index contributed by atoms with van der Waals surface area (Å²) in [6.07, 6.45) is 4.78. The molecule has 0 unspecified atom stereocenters. The molecule has 0 saturated carbocycles. The van der Waals surface area contributed by atoms with Crippen LogP contribution < -0.4 is 4.90 Å². The Morgan fingerprint density at radius 3 is 2.39 bits per heavy atom. The Labute approximate surface area is 195 Å². The van der Waals surface area contributed by atoms with Crippen molar-refractivity contribution >= 4 is 23.4 Å². The minimum Gasteiger partial charge on any atom is -0.342 e. The molecule has 5 rings (SSSR count). The average Bonchev–Trinajstić information content (AvgIpc) is 3.29. The fourth-order valence-corrected chi connectivity index (χ4v) is 5.64. The van der Waals surface area contributed by atoms with Crippen LogP contribution in [0.15, 0.2) is 54.6 Å². The summed E-state index contributed by atoms with van der Waals surface area (Å²) in [6.45, 7) is 2.95. The summed E-state index contributed by atoms with van der Waals surface area (Å²) in [5.74, 6) is 0.724. The molecule has 0 bridgehead atoms. The van der Waals surface area contributed by atoms with Crippen LogP contribution in [-0.4, -0.2) is 59.7 Å². The summed E-state index contributed by atoms with van der Waals surface area (Å²) < 4.78 is 0. The molecule has 0 spiro atoms. The maximum atomic E-state index is 13.4. The van der Waals surface area contributed by atoms with E-state index < -0.39 is 0 Å². The van der Waals surface area contributed by atoms with E-state index in [9.17, 15) is 14.4 Å². The van der Waals surface area contributed by atoms with Crippen LogP contribution in [0.25, 0.3) is 0 Å². The lowest BCUT2D eigenvalue weighted by atomic mass is 9.83. The summed E-state index contributed by atoms with van der Waals surface area (Å²) in [6, 6.07) is 17.6. The van der Waals surface area contributed by atoms with E-state index in [1.165, 1.54) is 0 Å². The van der Waals surface area contributed by atoms with Crippen molar-refractivity contribution in [1.29, 1.82) is 0 Å². The highest BCUT2D eigenvalue weighted by molar-refractivity contribution is 5.97. The number of rotatable bonds is 4. The number of fused-ring (bicyclic) bond motifs is 1. The Morgan fingerprint density at radius 1 is 0.879 bits per heavy atom. The molecule has 3 fully saturated rings. The highest BCUT2D eigenvalue weighted by Crippen LogP contribution is 2.32. The Morgan fingerprint density at radius 2 is 1.67 bits per heavy atom. The van der Waals surface area contributed by atoms with E-state index in [1.807, 2.05) is 64.4 Å². The van der Waals surface area contributed by atoms with Crippen LogP contribution in [0, 0.1) is 5.92 Å². The van der Waals surface area contributed by atoms with Crippen LogP contribution in [0.5, 0.6) is 0 Å². The molecule has 0 N–H and O–H groups in total. The van der Waals surface area contributed by atoms with Crippen molar-refractivity contribution in [3.8, 4) is 0 Å². The number of nitrogens with zero attached hydrogens (tertiary/aromatic N) is 3. The first kappa shape index (κ1) is 21.7. The molecule has 6 heteroatoms. The predicted octanol–water partition coefficient (Wildman–Crippen LogP) is 3.51. The van der Waals surface area contributed by atoms with Crippen molar-refractivity contribution in [2.75, 3.05) is 31.1 Å². The first-order valence-electron chi connectivity index (χ1n) is 12.1. The van der Waals surface area contributed by atoms with E-state index in [-0.39, 0.29) is 23.8 Å². The van der Waals surface area contributed by atoms with Crippen LogP contribution in [0.3, 0.4) is 0 Å². The second-order valence-electron chi connectivity index (χ2n) is 9.45. The number of carbonyl (C=O) groups excluding carboxylic acids is 3. The van der Waals surface area contributed by atoms with Gasteiger partial charge in [-0.1, -0.05) is 30.3 Å². The topological polar surface area (TPSA) is 60.9 Å². The Hall–Kier alpha value is -3.15. The number of benzene rings is 2. The monoisotopic (exact) mass is 445 g/mol. The molecule has 3 aliphatic rings. The maximum Gasteiger partial charge on any atom is 0.254 e. The van der Waals surface area contributed by atoms with Gasteiger partial charge in [-0.2, -0.15) is 0 Å². The van der Waals surface area contributed by atoms with Gasteiger partial charge < -0.3 is 14.7 Å². The van der Waals surface area contributed by atoms with Crippen molar-refractivity contribution in [3.63, 3.8) is 0 Å². The second kappa shape index (κ2) is 9.38. The molecule has 0 radical (unpaired) electrons. The fourth-order valence-electron chi connectivity index (χ4n) is 5.64. The summed E-state index contributed by atoms with van der Waals surface area (Å²) in [5.41, 5.74) is 2.59. The number of hydrogen-bond donors (Lipinski definition) is 0. The van der Waals surface area contributed by atoms with Gasteiger partial charge in [-0.05, 0) is 61.4 Å². The quantitative estimate of drug-likeness (QED) is 0.724. The van der Waals surface area contributed by atoms with E-state index in [0.717, 1.165) is 56.6 Å². The van der Waals surface area contributed by atoms with Gasteiger partial charge >= 0.3 is 0 Å². The zero-order chi connectivity index (χ0) is 22.8. The van der Waals surface area contributed by atoms with Gasteiger partial charge in [0, 0.05) is 49.9 Å². The van der Waals surface area contributed by atoms with Gasteiger partial charge in [0.25, 0.3) is 5.91 Å². The van der Waals surface area contributed by atoms with Crippen LogP contribution in [0.2, 0.25) is 0 Å². The lowest BCUT2D eigenvalue weighted by Gasteiger charge is -2.47. The zero-order valence-corrected chi connectivity index (χ0v) is 19.0. The van der Waals surface area contributed by atoms with Crippen molar-refractivity contribution in [2.24, 2.45) is 5.92 Å². The van der Waals surface area contributed by atoms with Gasteiger partial charge in [-0.25, -0.2) is 0 Å². The number of hydrogen-bond acceptors (Lipinski definition) is 3. The van der Waals surface area contributed by atoms with Crippen LogP contribution in [0.1, 0.15) is 48.0 Å². The van der Waals surface area contributed by atoms with E-state index in [1.54, 1.807) is 4.90 Å². The molecular formula is C27H31N3O3. The van der Waals surface area contributed by atoms with Gasteiger partial charge in [-0.3, -0.25) is 14.4 Å². The van der Waals surface area contributed by atoms with Crippen molar-refractivity contribution in [2.45, 2.75) is 44.6 Å². The minimum absolute atomic E-state index is 0.0630. The molecule has 3 saturated heterocycles. The SMILES string of the molecule is O=C(Cc1ccccc1)N1CC[C@H]2[C@H](CCCN2C(=O)c2ccc(N3CCCC3=O)cc2)C1. The van der Waals surface area contributed by atoms with Gasteiger partial charge in [0.1, 0.15) is 0 Å². The number of amides is 3. The number of likely N-dealkylation sites (tertiary alicyclic amines) is 2. The maximum absolute atomic E-state index is 13.4. The van der Waals surface area contributed by atoms with E-state index in [2.05, 4.69) is 0 Å². The van der Waals surface area contributed by atoms with Gasteiger partial charge in [0.05, 0.1) is 6.42 Å². The molecule has 0 aliphatic carbocycles. The molecule has 2 aromatic rings. The number of carbonyl (C=O) groups is 3. The first-order valence-corrected chi connectivity index (χ1v) is 12.1. The van der Waals surface area contributed by atoms with Crippen LogP contribution >= 0.6 is 0 Å². The standard InChI is InChI=1S/C27H31N3O3/c31-25-9-5-15-29(25)23-12-10-21(11-13-23)27(33)30-16-4-8-22-19-28(17-14-24(22)30)26(32)18-20-6-2-1-3-7-20/h1-3,6-7,10-13,22,24H,4-5,8-9,14-19H2/t22-,24+/m1/s1. The third-order valence-electron chi connectivity index (χ3n) is 7.38. The second-order valence-corrected chi connectivity index (χ2v) is 9.45. The normalized spacial score (nSPS) is 22.9. The van der Waals surface area contributed by atoms with Crippen molar-refractivity contribution in [3.05, 3.63) is 65.7 Å². The zero-order valence-electron chi connectivity index (χ0n) is 19.0. The molecule has 3 heterocycles. The van der Waals surface area contributed by atoms with Gasteiger partial charge in [0.2, 0.25) is 11.8 Å². The average molecular weight is 446 g/mol. The van der Waals surface area contributed by atoms with E-state index in [0.29, 0.717) is 30.9 Å². The molecule has 3 aliphatic heterocycles. The molecule has 0 aromatic heterocycles. The first-order chi connectivity index (χ1) is 16.1. The Balaban J connectivity index is 1.23. The van der Waals surface area contributed by atoms with Gasteiger partial charge in [0.15, 0.2) is 0 Å². The number of piperidine rings is 2. The third-order valence-corrected chi connectivity index (χ3v) is 7.38. The molecule has 33 heavy (non-hydrogen) atoms. The van der Waals surface area contributed by atoms with Crippen LogP contribution in [0.4, 0.5) is 5.69 Å². The fraction of sp³-hybridized carbons (Fsp3) is 0.444. The summed E-state index contributed by atoms with van der Waals surface area (Å²) in [5, 5.41) is 0. The molecule has 6 nitrogen and oxygen atoms in total. The van der Waals surface area contributed by atoms with E-state index in [4.69, 9.17) is 0 Å². The molecule has 2 atom stereocenters. The third kappa shape index (κ3) is 4.52. The lowest BCUT2D eigenvalue weighted by Crippen LogP contribution is -2.56. The number of anilines is 1. The Bertz CT molecular complexity index is 1020. The summed E-state index contributed by atoms with van der Waals surface area (Å²) >= 11 is 0. The van der Waals surface area contributed by atoms with Crippen molar-refractivity contribution in [1.82, 2.24) is 9.80 Å². The summed E-state index contributed by atoms with van der Waals surface area (Å²) in [4.78, 5) is 44.1. The summed E-state index contributed by atoms with van der Waals surface area (Å²) in [7, 11) is 0. The molecule has 2 aromatic carbocycles. The van der Waals surface area contributed by atoms with E-state index >= 15 is 0 Å². The largest absolute Gasteiger partial charge is 0.342 e. The van der Waals surface area contributed by atoms with Gasteiger partial charge in [-0.15, -0.1) is 0 Å². The van der Waals surface area contributed by atoms with Crippen molar-refractivity contribution < 1.29 is 14.4 Å². The molecule has 172 valence electrons. The minimum atomic E-state index is 0.0630.